The number of anilines is 1. The number of hydrogen-bond donors (Lipinski definition) is 1. The maximum Gasteiger partial charge on any atom is 0.411 e. The molecule has 0 aliphatic carbocycles. The van der Waals surface area contributed by atoms with Gasteiger partial charge in [0.2, 0.25) is 0 Å². The number of amides is 1. The maximum absolute atomic E-state index is 11.2. The SMILES string of the molecule is C=C(C)COC(=O)Nc1cccc(Cl)c1. The molecule has 1 rings (SSSR count). The number of halogens is 1. The monoisotopic (exact) mass is 225 g/mol. The number of rotatable bonds is 3. The van der Waals surface area contributed by atoms with Crippen molar-refractivity contribution in [3.63, 3.8) is 0 Å². The van der Waals surface area contributed by atoms with E-state index in [-0.39, 0.29) is 6.61 Å². The molecule has 3 nitrogen and oxygen atoms in total. The van der Waals surface area contributed by atoms with Crippen LogP contribution in [0.5, 0.6) is 0 Å². The van der Waals surface area contributed by atoms with Crippen LogP contribution in [0.25, 0.3) is 0 Å². The van der Waals surface area contributed by atoms with Gasteiger partial charge in [-0.25, -0.2) is 4.79 Å². The first-order chi connectivity index (χ1) is 7.08. The van der Waals surface area contributed by atoms with Gasteiger partial charge in [0.15, 0.2) is 0 Å². The minimum Gasteiger partial charge on any atom is -0.445 e. The number of carbonyl (C=O) groups excluding carboxylic acids is 1. The van der Waals surface area contributed by atoms with Gasteiger partial charge in [0.1, 0.15) is 6.61 Å². The highest BCUT2D eigenvalue weighted by atomic mass is 35.5. The third-order valence-corrected chi connectivity index (χ3v) is 1.76. The Kier molecular flexibility index (Phi) is 4.18. The second-order valence-corrected chi connectivity index (χ2v) is 3.61. The molecule has 0 saturated heterocycles. The lowest BCUT2D eigenvalue weighted by Crippen LogP contribution is -2.14. The van der Waals surface area contributed by atoms with Crippen molar-refractivity contribution in [2.75, 3.05) is 11.9 Å². The van der Waals surface area contributed by atoms with Crippen LogP contribution in [0.15, 0.2) is 36.4 Å². The first kappa shape index (κ1) is 11.6. The molecule has 1 N–H and O–H groups in total. The van der Waals surface area contributed by atoms with E-state index in [1.807, 2.05) is 0 Å². The van der Waals surface area contributed by atoms with E-state index in [1.54, 1.807) is 31.2 Å². The van der Waals surface area contributed by atoms with Crippen molar-refractivity contribution >= 4 is 23.4 Å². The van der Waals surface area contributed by atoms with Crippen LogP contribution in [-0.4, -0.2) is 12.7 Å². The van der Waals surface area contributed by atoms with E-state index < -0.39 is 6.09 Å². The first-order valence-electron chi connectivity index (χ1n) is 4.41. The van der Waals surface area contributed by atoms with Crippen LogP contribution in [0, 0.1) is 0 Å². The standard InChI is InChI=1S/C11H12ClNO2/c1-8(2)7-15-11(14)13-10-5-3-4-9(12)6-10/h3-6H,1,7H2,2H3,(H,13,14). The van der Waals surface area contributed by atoms with Crippen LogP contribution in [0.4, 0.5) is 10.5 Å². The second-order valence-electron chi connectivity index (χ2n) is 3.17. The molecule has 80 valence electrons. The molecular formula is C11H12ClNO2. The number of benzene rings is 1. The average Bonchev–Trinajstić information content (AvgIpc) is 2.15. The van der Waals surface area contributed by atoms with Crippen LogP contribution in [-0.2, 0) is 4.74 Å². The Morgan fingerprint density at radius 3 is 2.93 bits per heavy atom. The third-order valence-electron chi connectivity index (χ3n) is 1.52. The maximum atomic E-state index is 11.2. The fourth-order valence-electron chi connectivity index (χ4n) is 0.909. The lowest BCUT2D eigenvalue weighted by atomic mass is 10.3. The van der Waals surface area contributed by atoms with E-state index in [4.69, 9.17) is 16.3 Å². The molecule has 0 fully saturated rings. The van der Waals surface area contributed by atoms with Gasteiger partial charge in [-0.1, -0.05) is 24.2 Å². The van der Waals surface area contributed by atoms with Crippen LogP contribution in [0.1, 0.15) is 6.92 Å². The molecule has 0 aromatic heterocycles. The molecule has 4 heteroatoms. The predicted octanol–water partition coefficient (Wildman–Crippen LogP) is 3.46. The van der Waals surface area contributed by atoms with Crippen LogP contribution in [0.3, 0.4) is 0 Å². The van der Waals surface area contributed by atoms with Crippen molar-refractivity contribution < 1.29 is 9.53 Å². The highest BCUT2D eigenvalue weighted by Crippen LogP contribution is 2.14. The summed E-state index contributed by atoms with van der Waals surface area (Å²) in [6.07, 6.45) is -0.514. The first-order valence-corrected chi connectivity index (χ1v) is 4.79. The second kappa shape index (κ2) is 5.41. The molecule has 0 heterocycles. The predicted molar refractivity (Wildman–Crippen MR) is 61.2 cm³/mol. The molecule has 0 aliphatic rings. The van der Waals surface area contributed by atoms with E-state index in [1.165, 1.54) is 0 Å². The van der Waals surface area contributed by atoms with Gasteiger partial charge in [-0.05, 0) is 30.7 Å². The minimum atomic E-state index is -0.514. The van der Waals surface area contributed by atoms with Gasteiger partial charge in [-0.2, -0.15) is 0 Å². The molecule has 0 saturated carbocycles. The Bertz CT molecular complexity index is 377. The Morgan fingerprint density at radius 1 is 1.60 bits per heavy atom. The number of carbonyl (C=O) groups is 1. The van der Waals surface area contributed by atoms with E-state index in [0.717, 1.165) is 5.57 Å². The molecule has 1 aromatic carbocycles. The van der Waals surface area contributed by atoms with Gasteiger partial charge in [-0.15, -0.1) is 0 Å². The summed E-state index contributed by atoms with van der Waals surface area (Å²) in [5, 5.41) is 3.11. The van der Waals surface area contributed by atoms with Gasteiger partial charge < -0.3 is 4.74 Å². The largest absolute Gasteiger partial charge is 0.445 e. The molecule has 0 spiro atoms. The summed E-state index contributed by atoms with van der Waals surface area (Å²) in [7, 11) is 0. The molecule has 1 amide bonds. The van der Waals surface area contributed by atoms with Crippen LogP contribution in [0.2, 0.25) is 5.02 Å². The van der Waals surface area contributed by atoms with Gasteiger partial charge in [0.05, 0.1) is 0 Å². The van der Waals surface area contributed by atoms with Gasteiger partial charge >= 0.3 is 6.09 Å². The van der Waals surface area contributed by atoms with E-state index >= 15 is 0 Å². The van der Waals surface area contributed by atoms with E-state index in [9.17, 15) is 4.79 Å². The number of hydrogen-bond acceptors (Lipinski definition) is 2. The van der Waals surface area contributed by atoms with Crippen molar-refractivity contribution in [2.24, 2.45) is 0 Å². The summed E-state index contributed by atoms with van der Waals surface area (Å²) in [5.41, 5.74) is 1.39. The Labute approximate surface area is 93.7 Å². The summed E-state index contributed by atoms with van der Waals surface area (Å²) in [5.74, 6) is 0. The molecule has 0 unspecified atom stereocenters. The highest BCUT2D eigenvalue weighted by molar-refractivity contribution is 6.30. The van der Waals surface area contributed by atoms with Gasteiger partial charge in [0.25, 0.3) is 0 Å². The van der Waals surface area contributed by atoms with Crippen molar-refractivity contribution in [1.29, 1.82) is 0 Å². The van der Waals surface area contributed by atoms with Gasteiger partial charge in [0, 0.05) is 10.7 Å². The van der Waals surface area contributed by atoms with Crippen molar-refractivity contribution in [3.05, 3.63) is 41.4 Å². The topological polar surface area (TPSA) is 38.3 Å². The quantitative estimate of drug-likeness (QED) is 0.800. The third kappa shape index (κ3) is 4.51. The number of ether oxygens (including phenoxy) is 1. The normalized spacial score (nSPS) is 9.47. The number of nitrogens with one attached hydrogen (secondary N) is 1. The molecule has 0 atom stereocenters. The van der Waals surface area contributed by atoms with Crippen molar-refractivity contribution in [2.45, 2.75) is 6.92 Å². The summed E-state index contributed by atoms with van der Waals surface area (Å²) in [6, 6.07) is 6.85. The Hall–Kier alpha value is -1.48. The summed E-state index contributed by atoms with van der Waals surface area (Å²) in [6.45, 7) is 5.62. The molecule has 15 heavy (non-hydrogen) atoms. The minimum absolute atomic E-state index is 0.215. The smallest absolute Gasteiger partial charge is 0.411 e. The zero-order valence-corrected chi connectivity index (χ0v) is 9.17. The summed E-state index contributed by atoms with van der Waals surface area (Å²) in [4.78, 5) is 11.2. The molecular weight excluding hydrogens is 214 g/mol. The van der Waals surface area contributed by atoms with Crippen molar-refractivity contribution in [3.8, 4) is 0 Å². The zero-order valence-electron chi connectivity index (χ0n) is 8.42. The van der Waals surface area contributed by atoms with Crippen molar-refractivity contribution in [1.82, 2.24) is 0 Å². The highest BCUT2D eigenvalue weighted by Gasteiger charge is 2.02. The Morgan fingerprint density at radius 2 is 2.33 bits per heavy atom. The summed E-state index contributed by atoms with van der Waals surface area (Å²) >= 11 is 5.75. The molecule has 0 bridgehead atoms. The van der Waals surface area contributed by atoms with Crippen LogP contribution >= 0.6 is 11.6 Å². The van der Waals surface area contributed by atoms with Gasteiger partial charge in [-0.3, -0.25) is 5.32 Å². The summed E-state index contributed by atoms with van der Waals surface area (Å²) < 4.78 is 4.85. The molecule has 0 radical (unpaired) electrons. The van der Waals surface area contributed by atoms with E-state index in [0.29, 0.717) is 10.7 Å². The van der Waals surface area contributed by atoms with Crippen LogP contribution < -0.4 is 5.32 Å². The fourth-order valence-corrected chi connectivity index (χ4v) is 1.10. The zero-order chi connectivity index (χ0) is 11.3. The molecule has 1 aromatic rings. The lowest BCUT2D eigenvalue weighted by molar-refractivity contribution is 0.171. The average molecular weight is 226 g/mol. The fraction of sp³-hybridized carbons (Fsp3) is 0.182. The molecule has 0 aliphatic heterocycles. The van der Waals surface area contributed by atoms with E-state index in [2.05, 4.69) is 11.9 Å². The lowest BCUT2D eigenvalue weighted by Gasteiger charge is -2.06. The Balaban J connectivity index is 2.48.